The van der Waals surface area contributed by atoms with Crippen LogP contribution in [-0.4, -0.2) is 36.8 Å². The first-order valence-corrected chi connectivity index (χ1v) is 9.72. The van der Waals surface area contributed by atoms with Crippen LogP contribution in [0, 0.1) is 0 Å². The van der Waals surface area contributed by atoms with Crippen molar-refractivity contribution in [1.29, 1.82) is 0 Å². The summed E-state index contributed by atoms with van der Waals surface area (Å²) in [5.74, 6) is 2.04. The van der Waals surface area contributed by atoms with Crippen molar-refractivity contribution in [2.75, 3.05) is 26.0 Å². The Hall–Kier alpha value is -1.18. The summed E-state index contributed by atoms with van der Waals surface area (Å²) >= 11 is 6.60. The van der Waals surface area contributed by atoms with E-state index >= 15 is 0 Å². The van der Waals surface area contributed by atoms with Crippen LogP contribution in [0.3, 0.4) is 0 Å². The quantitative estimate of drug-likeness (QED) is 0.693. The van der Waals surface area contributed by atoms with E-state index in [9.17, 15) is 4.79 Å². The van der Waals surface area contributed by atoms with Gasteiger partial charge >= 0.3 is 0 Å². The van der Waals surface area contributed by atoms with Crippen LogP contribution in [0.25, 0.3) is 0 Å². The fraction of sp³-hybridized carbons (Fsp3) is 0.312. The van der Waals surface area contributed by atoms with Gasteiger partial charge in [-0.25, -0.2) is 0 Å². The Morgan fingerprint density at radius 2 is 2.04 bits per heavy atom. The molecule has 2 aromatic rings. The van der Waals surface area contributed by atoms with E-state index in [1.807, 2.05) is 37.4 Å². The summed E-state index contributed by atoms with van der Waals surface area (Å²) in [6.45, 7) is 1.79. The first-order valence-electron chi connectivity index (χ1n) is 7.12. The van der Waals surface area contributed by atoms with Gasteiger partial charge in [-0.1, -0.05) is 0 Å². The average Bonchev–Trinajstić information content (AvgIpc) is 2.97. The zero-order valence-electron chi connectivity index (χ0n) is 12.6. The zero-order valence-corrected chi connectivity index (χ0v) is 15.8. The highest BCUT2D eigenvalue weighted by molar-refractivity contribution is 9.11. The van der Waals surface area contributed by atoms with Gasteiger partial charge in [-0.05, 0) is 46.3 Å². The van der Waals surface area contributed by atoms with Crippen LogP contribution < -0.4 is 9.47 Å². The molecule has 3 rings (SSSR count). The number of carbonyl (C=O) groups excluding carboxylic acids is 1. The van der Waals surface area contributed by atoms with Gasteiger partial charge in [0, 0.05) is 16.8 Å². The lowest BCUT2D eigenvalue weighted by Crippen LogP contribution is -2.27. The number of ether oxygens (including phenoxy) is 2. The molecule has 0 fully saturated rings. The minimum absolute atomic E-state index is 0.106. The predicted molar refractivity (Wildman–Crippen MR) is 96.6 cm³/mol. The third-order valence-electron chi connectivity index (χ3n) is 3.32. The van der Waals surface area contributed by atoms with Crippen LogP contribution in [0.4, 0.5) is 0 Å². The van der Waals surface area contributed by atoms with Crippen molar-refractivity contribution in [2.24, 2.45) is 0 Å². The second kappa shape index (κ2) is 7.59. The lowest BCUT2D eigenvalue weighted by Gasteiger charge is -2.19. The van der Waals surface area contributed by atoms with Crippen LogP contribution in [0.2, 0.25) is 0 Å². The highest BCUT2D eigenvalue weighted by atomic mass is 79.9. The van der Waals surface area contributed by atoms with Gasteiger partial charge in [-0.2, -0.15) is 0 Å². The lowest BCUT2D eigenvalue weighted by atomic mass is 10.3. The average molecular weight is 414 g/mol. The third kappa shape index (κ3) is 4.43. The lowest BCUT2D eigenvalue weighted by molar-refractivity contribution is -0.127. The molecular weight excluding hydrogens is 398 g/mol. The van der Waals surface area contributed by atoms with Gasteiger partial charge in [0.15, 0.2) is 11.5 Å². The third-order valence-corrected chi connectivity index (χ3v) is 5.91. The molecule has 0 spiro atoms. The Morgan fingerprint density at radius 3 is 2.78 bits per heavy atom. The summed E-state index contributed by atoms with van der Waals surface area (Å²) in [5, 5.41) is 0. The Kier molecular flexibility index (Phi) is 5.50. The summed E-state index contributed by atoms with van der Waals surface area (Å²) in [6.07, 6.45) is 0. The number of amides is 1. The first-order chi connectivity index (χ1) is 11.1. The fourth-order valence-corrected chi connectivity index (χ4v) is 4.53. The van der Waals surface area contributed by atoms with Crippen molar-refractivity contribution in [2.45, 2.75) is 11.4 Å². The molecule has 1 aromatic heterocycles. The summed E-state index contributed by atoms with van der Waals surface area (Å²) < 4.78 is 12.1. The van der Waals surface area contributed by atoms with E-state index in [0.717, 1.165) is 25.1 Å². The maximum atomic E-state index is 12.3. The van der Waals surface area contributed by atoms with Gasteiger partial charge in [-0.15, -0.1) is 23.1 Å². The van der Waals surface area contributed by atoms with Crippen LogP contribution in [0.15, 0.2) is 39.0 Å². The molecule has 0 saturated heterocycles. The number of benzene rings is 1. The van der Waals surface area contributed by atoms with E-state index in [-0.39, 0.29) is 5.91 Å². The molecular formula is C16H16BrNO3S2. The number of hydrogen-bond acceptors (Lipinski definition) is 5. The topological polar surface area (TPSA) is 38.8 Å². The molecule has 1 amide bonds. The van der Waals surface area contributed by atoms with Crippen LogP contribution in [0.5, 0.6) is 11.5 Å². The second-order valence-electron chi connectivity index (χ2n) is 5.05. The van der Waals surface area contributed by atoms with Crippen LogP contribution in [-0.2, 0) is 11.3 Å². The Labute approximate surface area is 151 Å². The van der Waals surface area contributed by atoms with Gasteiger partial charge in [0.1, 0.15) is 13.2 Å². The number of thioether (sulfide) groups is 1. The highest BCUT2D eigenvalue weighted by Crippen LogP contribution is 2.34. The number of nitrogens with zero attached hydrogens (tertiary/aromatic N) is 1. The number of hydrogen-bond donors (Lipinski definition) is 0. The number of rotatable bonds is 5. The van der Waals surface area contributed by atoms with Crippen molar-refractivity contribution in [3.05, 3.63) is 39.0 Å². The largest absolute Gasteiger partial charge is 0.486 e. The van der Waals surface area contributed by atoms with Gasteiger partial charge in [-0.3, -0.25) is 4.79 Å². The summed E-state index contributed by atoms with van der Waals surface area (Å²) in [6, 6.07) is 9.83. The molecule has 0 unspecified atom stereocenters. The monoisotopic (exact) mass is 413 g/mol. The predicted octanol–water partition coefficient (Wildman–Crippen LogP) is 4.03. The molecule has 0 bridgehead atoms. The smallest absolute Gasteiger partial charge is 0.233 e. The summed E-state index contributed by atoms with van der Waals surface area (Å²) in [4.78, 5) is 16.2. The fourth-order valence-electron chi connectivity index (χ4n) is 2.13. The standard InChI is InChI=1S/C16H16BrNO3S2/c1-18(9-12-3-5-15(17)23-12)16(19)10-22-11-2-4-13-14(8-11)21-7-6-20-13/h2-5,8H,6-7,9-10H2,1H3. The molecule has 0 N–H and O–H groups in total. The number of thiophene rings is 1. The number of fused-ring (bicyclic) bond motifs is 1. The molecule has 0 radical (unpaired) electrons. The minimum Gasteiger partial charge on any atom is -0.486 e. The van der Waals surface area contributed by atoms with Crippen molar-refractivity contribution in [1.82, 2.24) is 4.90 Å². The summed E-state index contributed by atoms with van der Waals surface area (Å²) in [5.41, 5.74) is 0. The molecule has 7 heteroatoms. The zero-order chi connectivity index (χ0) is 16.2. The van der Waals surface area contributed by atoms with E-state index in [1.54, 1.807) is 16.2 Å². The van der Waals surface area contributed by atoms with Gasteiger partial charge < -0.3 is 14.4 Å². The molecule has 1 aromatic carbocycles. The molecule has 0 atom stereocenters. The normalized spacial score (nSPS) is 13.0. The first kappa shape index (κ1) is 16.7. The SMILES string of the molecule is CN(Cc1ccc(Br)s1)C(=O)CSc1ccc2c(c1)OCCO2. The van der Waals surface area contributed by atoms with Gasteiger partial charge in [0.05, 0.1) is 16.1 Å². The Bertz CT molecular complexity index is 704. The molecule has 0 saturated carbocycles. The molecule has 122 valence electrons. The number of halogens is 1. The maximum Gasteiger partial charge on any atom is 0.233 e. The van der Waals surface area contributed by atoms with E-state index in [2.05, 4.69) is 15.9 Å². The molecule has 4 nitrogen and oxygen atoms in total. The van der Waals surface area contributed by atoms with Gasteiger partial charge in [0.2, 0.25) is 5.91 Å². The van der Waals surface area contributed by atoms with Crippen molar-refractivity contribution in [3.63, 3.8) is 0 Å². The Balaban J connectivity index is 1.54. The molecule has 1 aliphatic rings. The second-order valence-corrected chi connectivity index (χ2v) is 8.65. The van der Waals surface area contributed by atoms with Crippen molar-refractivity contribution >= 4 is 44.9 Å². The van der Waals surface area contributed by atoms with Crippen molar-refractivity contribution < 1.29 is 14.3 Å². The van der Waals surface area contributed by atoms with Crippen LogP contribution in [0.1, 0.15) is 4.88 Å². The van der Waals surface area contributed by atoms with E-state index < -0.39 is 0 Å². The van der Waals surface area contributed by atoms with Crippen LogP contribution >= 0.6 is 39.0 Å². The highest BCUT2D eigenvalue weighted by Gasteiger charge is 2.14. The summed E-state index contributed by atoms with van der Waals surface area (Å²) in [7, 11) is 1.83. The van der Waals surface area contributed by atoms with E-state index in [1.165, 1.54) is 11.8 Å². The number of carbonyl (C=O) groups is 1. The molecule has 2 heterocycles. The van der Waals surface area contributed by atoms with E-state index in [4.69, 9.17) is 9.47 Å². The molecule has 23 heavy (non-hydrogen) atoms. The minimum atomic E-state index is 0.106. The van der Waals surface area contributed by atoms with E-state index in [0.29, 0.717) is 25.5 Å². The van der Waals surface area contributed by atoms with Gasteiger partial charge in [0.25, 0.3) is 0 Å². The Morgan fingerprint density at radius 1 is 1.26 bits per heavy atom. The van der Waals surface area contributed by atoms with Crippen molar-refractivity contribution in [3.8, 4) is 11.5 Å². The molecule has 1 aliphatic heterocycles. The molecule has 0 aliphatic carbocycles. The maximum absolute atomic E-state index is 12.3.